The zero-order valence-electron chi connectivity index (χ0n) is 17.6. The fraction of sp³-hybridized carbons (Fsp3) is 0.500. The van der Waals surface area contributed by atoms with Gasteiger partial charge in [0.1, 0.15) is 12.9 Å². The lowest BCUT2D eigenvalue weighted by Crippen LogP contribution is -2.46. The van der Waals surface area contributed by atoms with E-state index in [0.29, 0.717) is 61.7 Å². The molecule has 5 rings (SSSR count). The molecule has 2 fully saturated rings. The summed E-state index contributed by atoms with van der Waals surface area (Å²) >= 11 is 0. The molecule has 1 unspecified atom stereocenters. The summed E-state index contributed by atoms with van der Waals surface area (Å²) in [5, 5.41) is 23.1. The van der Waals surface area contributed by atoms with Gasteiger partial charge in [0, 0.05) is 24.8 Å². The lowest BCUT2D eigenvalue weighted by Gasteiger charge is -2.38. The first-order valence-corrected chi connectivity index (χ1v) is 10.5. The maximum absolute atomic E-state index is 13.2. The second-order valence-electron chi connectivity index (χ2n) is 8.42. The Balaban J connectivity index is 1.18. The van der Waals surface area contributed by atoms with Crippen LogP contribution in [0.4, 0.5) is 0 Å². The number of aliphatic hydroxyl groups is 1. The number of β-amino-alcohol motifs (C(OH)–C–C–N with tert-alkyl or cyclic N) is 1. The Morgan fingerprint density at radius 3 is 2.72 bits per heavy atom. The zero-order valence-corrected chi connectivity index (χ0v) is 17.6. The number of cyclic esters (lactones) is 1. The molecule has 168 valence electrons. The van der Waals surface area contributed by atoms with Gasteiger partial charge in [-0.25, -0.2) is 20.2 Å². The van der Waals surface area contributed by atoms with Gasteiger partial charge in [-0.2, -0.15) is 4.68 Å². The second-order valence-corrected chi connectivity index (χ2v) is 8.42. The molecule has 0 bridgehead atoms. The van der Waals surface area contributed by atoms with Gasteiger partial charge in [-0.15, -0.1) is 5.10 Å². The van der Waals surface area contributed by atoms with Gasteiger partial charge in [0.15, 0.2) is 5.82 Å². The van der Waals surface area contributed by atoms with Crippen LogP contribution in [0.5, 0.6) is 0 Å². The molecular weight excluding hydrogens is 416 g/mol. The first kappa shape index (κ1) is 20.7. The molecule has 2 saturated heterocycles. The van der Waals surface area contributed by atoms with Crippen molar-refractivity contribution in [3.63, 3.8) is 0 Å². The van der Waals surface area contributed by atoms with Gasteiger partial charge in [-0.05, 0) is 49.3 Å². The summed E-state index contributed by atoms with van der Waals surface area (Å²) in [6.07, 6.45) is 3.75. The van der Waals surface area contributed by atoms with Gasteiger partial charge in [-0.3, -0.25) is 4.79 Å². The number of hydrogen-bond donors (Lipinski definition) is 2. The molecule has 5 heterocycles. The van der Waals surface area contributed by atoms with E-state index in [4.69, 9.17) is 4.74 Å². The van der Waals surface area contributed by atoms with Crippen LogP contribution in [0, 0.1) is 5.41 Å². The average Bonchev–Trinajstić information content (AvgIpc) is 3.53. The van der Waals surface area contributed by atoms with Crippen molar-refractivity contribution in [2.45, 2.75) is 25.9 Å². The molecule has 32 heavy (non-hydrogen) atoms. The van der Waals surface area contributed by atoms with E-state index < -0.39 is 11.5 Å². The van der Waals surface area contributed by atoms with Gasteiger partial charge < -0.3 is 14.7 Å². The number of rotatable bonds is 5. The summed E-state index contributed by atoms with van der Waals surface area (Å²) in [6, 6.07) is 3.56. The molecule has 12 heteroatoms. The molecule has 0 aromatic carbocycles. The van der Waals surface area contributed by atoms with E-state index in [0.717, 1.165) is 0 Å². The summed E-state index contributed by atoms with van der Waals surface area (Å²) in [5.41, 5.74) is 4.46. The summed E-state index contributed by atoms with van der Waals surface area (Å²) in [7, 11) is 0. The number of hydrogen-bond acceptors (Lipinski definition) is 10. The Labute approximate surface area is 183 Å². The van der Waals surface area contributed by atoms with E-state index in [9.17, 15) is 14.7 Å². The van der Waals surface area contributed by atoms with Crippen LogP contribution in [-0.4, -0.2) is 84.9 Å². The fourth-order valence-electron chi connectivity index (χ4n) is 4.43. The standard InChI is InChI=1S/C20H24N8O4/c1-13-15(10-32-18(13)30)28-19(31)20(11-23-28)4-6-26(7-5-20)9-16(29)14-2-3-17(21-8-14)27-12-22-24-25-27/h2-3,8,12,16,23,29H,4-7,9-11H2,1H3. The van der Waals surface area contributed by atoms with Crippen LogP contribution >= 0.6 is 0 Å². The maximum Gasteiger partial charge on any atom is 0.336 e. The Hall–Kier alpha value is -3.22. The lowest BCUT2D eigenvalue weighted by atomic mass is 9.78. The monoisotopic (exact) mass is 440 g/mol. The van der Waals surface area contributed by atoms with Crippen LogP contribution in [0.2, 0.25) is 0 Å². The number of tetrazole rings is 1. The first-order valence-electron chi connectivity index (χ1n) is 10.5. The number of likely N-dealkylation sites (tertiary alicyclic amines) is 1. The molecule has 2 aromatic rings. The highest BCUT2D eigenvalue weighted by Gasteiger charge is 2.50. The van der Waals surface area contributed by atoms with E-state index in [2.05, 4.69) is 30.8 Å². The quantitative estimate of drug-likeness (QED) is 0.577. The molecule has 3 aliphatic rings. The minimum Gasteiger partial charge on any atom is -0.456 e. The molecular formula is C20H24N8O4. The number of carbonyl (C=O) groups excluding carboxylic acids is 2. The van der Waals surface area contributed by atoms with E-state index in [-0.39, 0.29) is 18.5 Å². The molecule has 1 spiro atoms. The van der Waals surface area contributed by atoms with Crippen LogP contribution in [-0.2, 0) is 14.3 Å². The van der Waals surface area contributed by atoms with Crippen LogP contribution in [0.3, 0.4) is 0 Å². The van der Waals surface area contributed by atoms with E-state index in [1.165, 1.54) is 16.0 Å². The number of nitrogens with zero attached hydrogens (tertiary/aromatic N) is 7. The number of esters is 1. The number of ether oxygens (including phenoxy) is 1. The summed E-state index contributed by atoms with van der Waals surface area (Å²) in [6.45, 7) is 4.19. The van der Waals surface area contributed by atoms with Gasteiger partial charge in [0.05, 0.1) is 22.8 Å². The summed E-state index contributed by atoms with van der Waals surface area (Å²) in [4.78, 5) is 31.3. The first-order chi connectivity index (χ1) is 15.5. The molecule has 1 atom stereocenters. The minimum absolute atomic E-state index is 0.00672. The molecule has 3 aliphatic heterocycles. The number of aliphatic hydroxyl groups excluding tert-OH is 1. The lowest BCUT2D eigenvalue weighted by molar-refractivity contribution is -0.139. The van der Waals surface area contributed by atoms with Crippen molar-refractivity contribution in [1.82, 2.24) is 40.5 Å². The van der Waals surface area contributed by atoms with Gasteiger partial charge in [0.25, 0.3) is 0 Å². The molecule has 2 aromatic heterocycles. The number of hydrazine groups is 1. The summed E-state index contributed by atoms with van der Waals surface area (Å²) in [5.74, 6) is 0.190. The molecule has 0 aliphatic carbocycles. The molecule has 1 amide bonds. The Bertz CT molecular complexity index is 1040. The van der Waals surface area contributed by atoms with Gasteiger partial charge >= 0.3 is 5.97 Å². The number of carbonyl (C=O) groups is 2. The average molecular weight is 440 g/mol. The second kappa shape index (κ2) is 8.04. The summed E-state index contributed by atoms with van der Waals surface area (Å²) < 4.78 is 6.49. The van der Waals surface area contributed by atoms with E-state index in [1.807, 2.05) is 6.07 Å². The van der Waals surface area contributed by atoms with Crippen molar-refractivity contribution in [1.29, 1.82) is 0 Å². The third kappa shape index (κ3) is 3.55. The van der Waals surface area contributed by atoms with Crippen LogP contribution in [0.1, 0.15) is 31.4 Å². The number of pyridine rings is 1. The number of nitrogens with one attached hydrogen (secondary N) is 1. The fourth-order valence-corrected chi connectivity index (χ4v) is 4.43. The normalized spacial score (nSPS) is 22.1. The van der Waals surface area contributed by atoms with Crippen molar-refractivity contribution in [2.24, 2.45) is 5.41 Å². The highest BCUT2D eigenvalue weighted by atomic mass is 16.5. The van der Waals surface area contributed by atoms with Crippen molar-refractivity contribution in [3.8, 4) is 5.82 Å². The van der Waals surface area contributed by atoms with Crippen LogP contribution < -0.4 is 5.43 Å². The van der Waals surface area contributed by atoms with Crippen molar-refractivity contribution in [2.75, 3.05) is 32.8 Å². The van der Waals surface area contributed by atoms with Gasteiger partial charge in [-0.1, -0.05) is 6.07 Å². The predicted octanol–water partition coefficient (Wildman–Crippen LogP) is -0.649. The Morgan fingerprint density at radius 2 is 2.09 bits per heavy atom. The molecule has 0 saturated carbocycles. The third-order valence-electron chi connectivity index (χ3n) is 6.56. The predicted molar refractivity (Wildman–Crippen MR) is 109 cm³/mol. The molecule has 2 N–H and O–H groups in total. The van der Waals surface area contributed by atoms with Crippen LogP contribution in [0.15, 0.2) is 35.9 Å². The largest absolute Gasteiger partial charge is 0.456 e. The minimum atomic E-state index is -0.692. The van der Waals surface area contributed by atoms with Crippen LogP contribution in [0.25, 0.3) is 5.82 Å². The van der Waals surface area contributed by atoms with Crippen molar-refractivity contribution >= 4 is 11.9 Å². The van der Waals surface area contributed by atoms with E-state index >= 15 is 0 Å². The van der Waals surface area contributed by atoms with Crippen molar-refractivity contribution < 1.29 is 19.4 Å². The number of aromatic nitrogens is 5. The number of piperidine rings is 1. The number of amides is 1. The topological polar surface area (TPSA) is 139 Å². The van der Waals surface area contributed by atoms with Gasteiger partial charge in [0.2, 0.25) is 5.91 Å². The maximum atomic E-state index is 13.2. The molecule has 12 nitrogen and oxygen atoms in total. The highest BCUT2D eigenvalue weighted by Crippen LogP contribution is 2.38. The van der Waals surface area contributed by atoms with Crippen molar-refractivity contribution in [3.05, 3.63) is 41.5 Å². The Morgan fingerprint density at radius 1 is 1.28 bits per heavy atom. The third-order valence-corrected chi connectivity index (χ3v) is 6.56. The highest BCUT2D eigenvalue weighted by molar-refractivity contribution is 5.94. The molecule has 0 radical (unpaired) electrons. The van der Waals surface area contributed by atoms with E-state index in [1.54, 1.807) is 19.2 Å². The smallest absolute Gasteiger partial charge is 0.336 e. The zero-order chi connectivity index (χ0) is 22.3. The Kier molecular flexibility index (Phi) is 5.19. The SMILES string of the molecule is CC1=C(N2NCC3(CCN(CC(O)c4ccc(-n5cnnn5)nc4)CC3)C2=O)COC1=O.